The van der Waals surface area contributed by atoms with Crippen molar-refractivity contribution in [2.75, 3.05) is 6.61 Å². The van der Waals surface area contributed by atoms with Crippen molar-refractivity contribution in [3.05, 3.63) is 11.6 Å². The molecule has 0 aromatic carbocycles. The van der Waals surface area contributed by atoms with Crippen molar-refractivity contribution in [3.8, 4) is 0 Å². The third-order valence-electron chi connectivity index (χ3n) is 7.38. The van der Waals surface area contributed by atoms with E-state index < -0.39 is 5.60 Å². The van der Waals surface area contributed by atoms with Crippen LogP contribution >= 0.6 is 12.6 Å². The van der Waals surface area contributed by atoms with Gasteiger partial charge in [-0.2, -0.15) is 12.6 Å². The molecule has 2 saturated carbocycles. The van der Waals surface area contributed by atoms with Crippen molar-refractivity contribution in [3.63, 3.8) is 0 Å². The Hall–Kier alpha value is 0.0100. The summed E-state index contributed by atoms with van der Waals surface area (Å²) < 4.78 is 6.25. The third kappa shape index (κ3) is 3.02. The molecule has 6 atom stereocenters. The summed E-state index contributed by atoms with van der Waals surface area (Å²) in [4.78, 5) is 0. The molecule has 23 heavy (non-hydrogen) atoms. The fourth-order valence-electron chi connectivity index (χ4n) is 5.67. The van der Waals surface area contributed by atoms with E-state index in [1.54, 1.807) is 5.57 Å². The molecule has 1 heterocycles. The molecule has 0 spiro atoms. The molecule has 3 fully saturated rings. The Morgan fingerprint density at radius 1 is 1.30 bits per heavy atom. The van der Waals surface area contributed by atoms with Crippen molar-refractivity contribution in [2.24, 2.45) is 17.3 Å². The number of fused-ring (bicyclic) bond motifs is 1. The number of aliphatic hydroxyl groups is 1. The average Bonchev–Trinajstić information content (AvgIpc) is 2.84. The maximum Gasteiger partial charge on any atom is 0.0746 e. The molecule has 1 saturated heterocycles. The summed E-state index contributed by atoms with van der Waals surface area (Å²) >= 11 is 5.09. The molecule has 1 aliphatic heterocycles. The van der Waals surface area contributed by atoms with Crippen molar-refractivity contribution in [2.45, 2.75) is 89.1 Å². The standard InChI is InChI=1S/C20H34O2S/c1-5-15-7-8-16(19(15,4)6-2)14-11-20(23)10-9-18(3,21)12-17(20)22-13-14/h5,14,16-17,21,23H,6-13H2,1-4H3/b15-5-/t14?,16?,17-,18+,19?,20?/m0/s1. The van der Waals surface area contributed by atoms with Crippen LogP contribution in [0.1, 0.15) is 72.6 Å². The van der Waals surface area contributed by atoms with Crippen LogP contribution in [-0.4, -0.2) is 28.2 Å². The molecular weight excluding hydrogens is 304 g/mol. The highest BCUT2D eigenvalue weighted by Crippen LogP contribution is 2.57. The number of thiol groups is 1. The van der Waals surface area contributed by atoms with Gasteiger partial charge in [0.1, 0.15) is 0 Å². The smallest absolute Gasteiger partial charge is 0.0746 e. The Bertz CT molecular complexity index is 486. The van der Waals surface area contributed by atoms with Crippen LogP contribution in [-0.2, 0) is 4.74 Å². The molecule has 0 amide bonds. The van der Waals surface area contributed by atoms with Gasteiger partial charge in [-0.1, -0.05) is 25.5 Å². The molecule has 132 valence electrons. The van der Waals surface area contributed by atoms with Crippen LogP contribution in [0.15, 0.2) is 11.6 Å². The molecule has 0 bridgehead atoms. The number of allylic oxidation sites excluding steroid dienone is 2. The van der Waals surface area contributed by atoms with E-state index in [0.29, 0.717) is 17.3 Å². The van der Waals surface area contributed by atoms with Gasteiger partial charge in [-0.05, 0) is 69.6 Å². The van der Waals surface area contributed by atoms with E-state index in [4.69, 9.17) is 17.4 Å². The van der Waals surface area contributed by atoms with E-state index in [2.05, 4.69) is 26.8 Å². The first-order valence-electron chi connectivity index (χ1n) is 9.46. The van der Waals surface area contributed by atoms with E-state index in [-0.39, 0.29) is 10.9 Å². The van der Waals surface area contributed by atoms with Crippen LogP contribution in [0.25, 0.3) is 0 Å². The molecule has 3 heteroatoms. The summed E-state index contributed by atoms with van der Waals surface area (Å²) in [5, 5.41) is 10.4. The van der Waals surface area contributed by atoms with E-state index >= 15 is 0 Å². The lowest BCUT2D eigenvalue weighted by atomic mass is 9.64. The molecule has 2 aliphatic carbocycles. The Kier molecular flexibility index (Phi) is 4.70. The van der Waals surface area contributed by atoms with Gasteiger partial charge in [0, 0.05) is 11.2 Å². The fourth-order valence-corrected chi connectivity index (χ4v) is 6.18. The summed E-state index contributed by atoms with van der Waals surface area (Å²) in [7, 11) is 0. The number of ether oxygens (including phenoxy) is 1. The quantitative estimate of drug-likeness (QED) is 0.561. The largest absolute Gasteiger partial charge is 0.390 e. The first-order chi connectivity index (χ1) is 10.7. The summed E-state index contributed by atoms with van der Waals surface area (Å²) in [6, 6.07) is 0. The van der Waals surface area contributed by atoms with Gasteiger partial charge in [-0.25, -0.2) is 0 Å². The SMILES string of the molecule is C/C=C1/CCC(C2CO[C@H]3C[C@](C)(O)CCC3(S)C2)C1(C)CC. The van der Waals surface area contributed by atoms with Crippen LogP contribution in [0, 0.1) is 17.3 Å². The maximum atomic E-state index is 10.4. The second-order valence-electron chi connectivity index (χ2n) is 8.82. The van der Waals surface area contributed by atoms with Crippen molar-refractivity contribution in [1.29, 1.82) is 0 Å². The minimum absolute atomic E-state index is 0.0432. The summed E-state index contributed by atoms with van der Waals surface area (Å²) in [5.41, 5.74) is 1.40. The monoisotopic (exact) mass is 338 g/mol. The fraction of sp³-hybridized carbons (Fsp3) is 0.900. The van der Waals surface area contributed by atoms with Crippen LogP contribution in [0.2, 0.25) is 0 Å². The first kappa shape index (κ1) is 17.8. The minimum Gasteiger partial charge on any atom is -0.390 e. The Labute approximate surface area is 147 Å². The summed E-state index contributed by atoms with van der Waals surface area (Å²) in [5.74, 6) is 1.32. The van der Waals surface area contributed by atoms with Crippen LogP contribution in [0.3, 0.4) is 0 Å². The van der Waals surface area contributed by atoms with Gasteiger partial charge in [-0.15, -0.1) is 0 Å². The first-order valence-corrected chi connectivity index (χ1v) is 9.91. The predicted molar refractivity (Wildman–Crippen MR) is 98.9 cm³/mol. The van der Waals surface area contributed by atoms with Gasteiger partial charge < -0.3 is 9.84 Å². The molecular formula is C20H34O2S. The molecule has 0 radical (unpaired) electrons. The van der Waals surface area contributed by atoms with Crippen molar-refractivity contribution < 1.29 is 9.84 Å². The average molecular weight is 339 g/mol. The molecule has 2 nitrogen and oxygen atoms in total. The topological polar surface area (TPSA) is 29.5 Å². The maximum absolute atomic E-state index is 10.4. The highest BCUT2D eigenvalue weighted by atomic mass is 32.1. The third-order valence-corrected chi connectivity index (χ3v) is 8.07. The highest BCUT2D eigenvalue weighted by molar-refractivity contribution is 7.81. The number of hydrogen-bond donors (Lipinski definition) is 2. The zero-order chi connectivity index (χ0) is 16.9. The number of rotatable bonds is 2. The van der Waals surface area contributed by atoms with E-state index in [1.807, 2.05) is 6.92 Å². The number of hydrogen-bond acceptors (Lipinski definition) is 3. The Balaban J connectivity index is 1.77. The molecule has 4 unspecified atom stereocenters. The molecule has 0 aromatic heterocycles. The normalized spacial score (nSPS) is 52.6. The van der Waals surface area contributed by atoms with E-state index in [0.717, 1.165) is 32.3 Å². The van der Waals surface area contributed by atoms with Crippen LogP contribution in [0.5, 0.6) is 0 Å². The molecule has 0 aromatic rings. The lowest BCUT2D eigenvalue weighted by Crippen LogP contribution is -2.55. The van der Waals surface area contributed by atoms with Crippen molar-refractivity contribution >= 4 is 12.6 Å². The van der Waals surface area contributed by atoms with E-state index in [9.17, 15) is 5.11 Å². The second-order valence-corrected chi connectivity index (χ2v) is 9.71. The summed E-state index contributed by atoms with van der Waals surface area (Å²) in [6.45, 7) is 9.79. The van der Waals surface area contributed by atoms with Crippen LogP contribution < -0.4 is 0 Å². The Morgan fingerprint density at radius 3 is 2.70 bits per heavy atom. The highest BCUT2D eigenvalue weighted by Gasteiger charge is 2.53. The second kappa shape index (κ2) is 6.07. The zero-order valence-electron chi connectivity index (χ0n) is 15.3. The lowest BCUT2D eigenvalue weighted by Gasteiger charge is -2.52. The Morgan fingerprint density at radius 2 is 2.04 bits per heavy atom. The van der Waals surface area contributed by atoms with Crippen molar-refractivity contribution in [1.82, 2.24) is 0 Å². The predicted octanol–water partition coefficient (Wildman–Crippen LogP) is 4.77. The molecule has 1 N–H and O–H groups in total. The molecule has 3 rings (SSSR count). The summed E-state index contributed by atoms with van der Waals surface area (Å²) in [6.07, 6.45) is 9.92. The van der Waals surface area contributed by atoms with Gasteiger partial charge >= 0.3 is 0 Å². The van der Waals surface area contributed by atoms with Gasteiger partial charge in [0.05, 0.1) is 18.3 Å². The minimum atomic E-state index is -0.576. The van der Waals surface area contributed by atoms with E-state index in [1.165, 1.54) is 19.3 Å². The lowest BCUT2D eigenvalue weighted by molar-refractivity contribution is -0.126. The van der Waals surface area contributed by atoms with Gasteiger partial charge in [0.25, 0.3) is 0 Å². The van der Waals surface area contributed by atoms with Gasteiger partial charge in [0.2, 0.25) is 0 Å². The van der Waals surface area contributed by atoms with Crippen LogP contribution in [0.4, 0.5) is 0 Å². The zero-order valence-corrected chi connectivity index (χ0v) is 16.2. The van der Waals surface area contributed by atoms with Gasteiger partial charge in [0.15, 0.2) is 0 Å². The van der Waals surface area contributed by atoms with Gasteiger partial charge in [-0.3, -0.25) is 0 Å². The molecule has 3 aliphatic rings.